The summed E-state index contributed by atoms with van der Waals surface area (Å²) in [6, 6.07) is 0.452. The number of carboxylic acid groups (broad SMARTS) is 1. The number of hydrogen-bond donors (Lipinski definition) is 2. The predicted molar refractivity (Wildman–Crippen MR) is 46.8 cm³/mol. The summed E-state index contributed by atoms with van der Waals surface area (Å²) in [5.41, 5.74) is -1.77. The van der Waals surface area contributed by atoms with E-state index in [2.05, 4.69) is 4.98 Å². The minimum atomic E-state index is -4.68. The molecule has 0 fully saturated rings. The SMILES string of the molecule is O=C(O)C(O)c1cc(C(F)(F)F)cnc1Cl. The van der Waals surface area contributed by atoms with Gasteiger partial charge < -0.3 is 10.2 Å². The van der Waals surface area contributed by atoms with Crippen molar-refractivity contribution in [3.63, 3.8) is 0 Å². The van der Waals surface area contributed by atoms with Crippen molar-refractivity contribution in [3.05, 3.63) is 28.5 Å². The molecule has 0 spiro atoms. The molecule has 1 aromatic heterocycles. The van der Waals surface area contributed by atoms with Gasteiger partial charge in [0.05, 0.1) is 5.56 Å². The van der Waals surface area contributed by atoms with Gasteiger partial charge in [-0.15, -0.1) is 0 Å². The molecule has 88 valence electrons. The lowest BCUT2D eigenvalue weighted by Gasteiger charge is -2.11. The van der Waals surface area contributed by atoms with Crippen LogP contribution >= 0.6 is 11.6 Å². The number of aliphatic hydroxyl groups is 1. The summed E-state index contributed by atoms with van der Waals surface area (Å²) in [5, 5.41) is 17.0. The van der Waals surface area contributed by atoms with Crippen LogP contribution in [0.15, 0.2) is 12.3 Å². The quantitative estimate of drug-likeness (QED) is 0.792. The Morgan fingerprint density at radius 3 is 2.50 bits per heavy atom. The summed E-state index contributed by atoms with van der Waals surface area (Å²) in [5.74, 6) is -1.71. The maximum atomic E-state index is 12.3. The fraction of sp³-hybridized carbons (Fsp3) is 0.250. The second-order valence-electron chi connectivity index (χ2n) is 2.84. The van der Waals surface area contributed by atoms with Gasteiger partial charge in [-0.05, 0) is 6.07 Å². The van der Waals surface area contributed by atoms with Gasteiger partial charge in [0.2, 0.25) is 0 Å². The van der Waals surface area contributed by atoms with Gasteiger partial charge in [-0.3, -0.25) is 0 Å². The summed E-state index contributed by atoms with van der Waals surface area (Å²) in [6.07, 6.45) is -6.35. The van der Waals surface area contributed by atoms with Crippen molar-refractivity contribution < 1.29 is 28.2 Å². The highest BCUT2D eigenvalue weighted by Gasteiger charge is 2.33. The first kappa shape index (κ1) is 12.7. The van der Waals surface area contributed by atoms with Gasteiger partial charge in [-0.25, -0.2) is 9.78 Å². The van der Waals surface area contributed by atoms with Gasteiger partial charge in [0, 0.05) is 11.8 Å². The molecule has 0 saturated heterocycles. The third kappa shape index (κ3) is 2.61. The molecule has 2 N–H and O–H groups in total. The highest BCUT2D eigenvalue weighted by molar-refractivity contribution is 6.30. The van der Waals surface area contributed by atoms with Crippen LogP contribution in [0, 0.1) is 0 Å². The fourth-order valence-electron chi connectivity index (χ4n) is 0.945. The molecule has 0 bridgehead atoms. The lowest BCUT2D eigenvalue weighted by Crippen LogP contribution is -2.14. The Morgan fingerprint density at radius 2 is 2.06 bits per heavy atom. The van der Waals surface area contributed by atoms with Crippen LogP contribution in [0.5, 0.6) is 0 Å². The van der Waals surface area contributed by atoms with E-state index < -0.39 is 34.5 Å². The predicted octanol–water partition coefficient (Wildman–Crippen LogP) is 1.87. The van der Waals surface area contributed by atoms with Crippen LogP contribution in [0.2, 0.25) is 5.15 Å². The second-order valence-corrected chi connectivity index (χ2v) is 3.20. The lowest BCUT2D eigenvalue weighted by molar-refractivity contribution is -0.147. The Kier molecular flexibility index (Phi) is 3.39. The Morgan fingerprint density at radius 1 is 1.50 bits per heavy atom. The van der Waals surface area contributed by atoms with Gasteiger partial charge in [-0.1, -0.05) is 11.6 Å². The number of hydrogen-bond acceptors (Lipinski definition) is 3. The monoisotopic (exact) mass is 255 g/mol. The van der Waals surface area contributed by atoms with Crippen molar-refractivity contribution in [2.75, 3.05) is 0 Å². The normalized spacial score (nSPS) is 13.6. The van der Waals surface area contributed by atoms with E-state index in [0.717, 1.165) is 0 Å². The molecule has 8 heteroatoms. The zero-order chi connectivity index (χ0) is 12.5. The summed E-state index contributed by atoms with van der Waals surface area (Å²) < 4.78 is 36.8. The number of carbonyl (C=O) groups is 1. The molecule has 1 heterocycles. The van der Waals surface area contributed by atoms with Gasteiger partial charge in [-0.2, -0.15) is 13.2 Å². The van der Waals surface area contributed by atoms with E-state index in [0.29, 0.717) is 12.3 Å². The number of aliphatic hydroxyl groups excluding tert-OH is 1. The van der Waals surface area contributed by atoms with Crippen LogP contribution in [0.3, 0.4) is 0 Å². The molecule has 0 saturated carbocycles. The van der Waals surface area contributed by atoms with Gasteiger partial charge >= 0.3 is 12.1 Å². The number of halogens is 4. The fourth-order valence-corrected chi connectivity index (χ4v) is 1.15. The molecule has 0 radical (unpaired) electrons. The highest BCUT2D eigenvalue weighted by atomic mass is 35.5. The van der Waals surface area contributed by atoms with Crippen molar-refractivity contribution in [2.45, 2.75) is 12.3 Å². The molecule has 1 unspecified atom stereocenters. The van der Waals surface area contributed by atoms with E-state index >= 15 is 0 Å². The smallest absolute Gasteiger partial charge is 0.417 e. The number of aliphatic carboxylic acids is 1. The molecule has 0 aliphatic heterocycles. The van der Waals surface area contributed by atoms with E-state index in [1.165, 1.54) is 0 Å². The van der Waals surface area contributed by atoms with Gasteiger partial charge in [0.25, 0.3) is 0 Å². The Bertz CT molecular complexity index is 421. The van der Waals surface area contributed by atoms with Gasteiger partial charge in [0.1, 0.15) is 5.15 Å². The molecule has 16 heavy (non-hydrogen) atoms. The molecule has 0 amide bonds. The molecule has 0 aromatic carbocycles. The van der Waals surface area contributed by atoms with E-state index in [-0.39, 0.29) is 0 Å². The van der Waals surface area contributed by atoms with Gasteiger partial charge in [0.15, 0.2) is 6.10 Å². The Balaban J connectivity index is 3.24. The van der Waals surface area contributed by atoms with Crippen LogP contribution in [-0.2, 0) is 11.0 Å². The lowest BCUT2D eigenvalue weighted by atomic mass is 10.1. The molecule has 4 nitrogen and oxygen atoms in total. The van der Waals surface area contributed by atoms with E-state index in [9.17, 15) is 18.0 Å². The Hall–Kier alpha value is -1.34. The van der Waals surface area contributed by atoms with E-state index in [1.807, 2.05) is 0 Å². The van der Waals surface area contributed by atoms with E-state index in [1.54, 1.807) is 0 Å². The van der Waals surface area contributed by atoms with Crippen LogP contribution in [0.25, 0.3) is 0 Å². The topological polar surface area (TPSA) is 70.4 Å². The molecule has 1 atom stereocenters. The third-order valence-electron chi connectivity index (χ3n) is 1.72. The van der Waals surface area contributed by atoms with Crippen LogP contribution < -0.4 is 0 Å². The molecular formula is C8H5ClF3NO3. The van der Waals surface area contributed by atoms with Crippen molar-refractivity contribution >= 4 is 17.6 Å². The summed E-state index contributed by atoms with van der Waals surface area (Å²) in [4.78, 5) is 13.6. The van der Waals surface area contributed by atoms with Crippen molar-refractivity contribution in [2.24, 2.45) is 0 Å². The second kappa shape index (κ2) is 4.26. The maximum absolute atomic E-state index is 12.3. The number of pyridine rings is 1. The largest absolute Gasteiger partial charge is 0.479 e. The molecule has 1 rings (SSSR count). The first-order valence-corrected chi connectivity index (χ1v) is 4.25. The minimum Gasteiger partial charge on any atom is -0.479 e. The molecular weight excluding hydrogens is 251 g/mol. The molecule has 0 aliphatic rings. The first-order chi connectivity index (χ1) is 7.23. The maximum Gasteiger partial charge on any atom is 0.417 e. The first-order valence-electron chi connectivity index (χ1n) is 3.87. The van der Waals surface area contributed by atoms with Crippen molar-refractivity contribution in [3.8, 4) is 0 Å². The minimum absolute atomic E-state index is 0.452. The highest BCUT2D eigenvalue weighted by Crippen LogP contribution is 2.32. The van der Waals surface area contributed by atoms with E-state index in [4.69, 9.17) is 21.8 Å². The van der Waals surface area contributed by atoms with Crippen LogP contribution in [-0.4, -0.2) is 21.2 Å². The molecule has 1 aromatic rings. The molecule has 0 aliphatic carbocycles. The average Bonchev–Trinajstić information content (AvgIpc) is 2.15. The third-order valence-corrected chi connectivity index (χ3v) is 2.04. The average molecular weight is 256 g/mol. The summed E-state index contributed by atoms with van der Waals surface area (Å²) in [6.45, 7) is 0. The number of carboxylic acids is 1. The Labute approximate surface area is 92.3 Å². The van der Waals surface area contributed by atoms with Crippen LogP contribution in [0.4, 0.5) is 13.2 Å². The number of rotatable bonds is 2. The van der Waals surface area contributed by atoms with Crippen LogP contribution in [0.1, 0.15) is 17.2 Å². The number of nitrogens with zero attached hydrogens (tertiary/aromatic N) is 1. The summed E-state index contributed by atoms with van der Waals surface area (Å²) >= 11 is 5.38. The zero-order valence-corrected chi connectivity index (χ0v) is 8.25. The van der Waals surface area contributed by atoms with Crippen molar-refractivity contribution in [1.29, 1.82) is 0 Å². The van der Waals surface area contributed by atoms with Crippen molar-refractivity contribution in [1.82, 2.24) is 4.98 Å². The number of aromatic nitrogens is 1. The number of alkyl halides is 3. The summed E-state index contributed by atoms with van der Waals surface area (Å²) in [7, 11) is 0. The standard InChI is InChI=1S/C8H5ClF3NO3/c9-6-4(5(14)7(15)16)1-3(2-13-6)8(10,11)12/h1-2,5,14H,(H,15,16). The zero-order valence-electron chi connectivity index (χ0n) is 7.49.